The van der Waals surface area contributed by atoms with Crippen LogP contribution in [-0.4, -0.2) is 120 Å². The lowest BCUT2D eigenvalue weighted by Gasteiger charge is -2.46. The quantitative estimate of drug-likeness (QED) is 0.193. The topological polar surface area (TPSA) is 210 Å². The molecule has 182 valence electrons. The van der Waals surface area contributed by atoms with Gasteiger partial charge in [-0.3, -0.25) is 0 Å². The number of hydrogen-bond donors (Lipinski definition) is 9. The molecule has 32 heavy (non-hydrogen) atoms. The molecule has 12 nitrogen and oxygen atoms in total. The van der Waals surface area contributed by atoms with E-state index in [1.54, 1.807) is 0 Å². The number of benzene rings is 1. The van der Waals surface area contributed by atoms with E-state index in [-0.39, 0.29) is 12.2 Å². The monoisotopic (exact) mass is 462 g/mol. The van der Waals surface area contributed by atoms with E-state index >= 15 is 0 Å². The Hall–Kier alpha value is -1.42. The fourth-order valence-electron chi connectivity index (χ4n) is 3.91. The summed E-state index contributed by atoms with van der Waals surface area (Å²) in [5, 5.41) is 89.8. The number of ether oxygens (including phenoxy) is 3. The van der Waals surface area contributed by atoms with Crippen molar-refractivity contribution < 1.29 is 60.2 Å². The van der Waals surface area contributed by atoms with Gasteiger partial charge in [-0.05, 0) is 17.7 Å². The van der Waals surface area contributed by atoms with Gasteiger partial charge in [0.05, 0.1) is 25.4 Å². The smallest absolute Gasteiger partial charge is 0.187 e. The van der Waals surface area contributed by atoms with Gasteiger partial charge in [-0.1, -0.05) is 12.1 Å². The second kappa shape index (κ2) is 10.7. The van der Waals surface area contributed by atoms with Gasteiger partial charge in [-0.15, -0.1) is 0 Å². The highest BCUT2D eigenvalue weighted by Gasteiger charge is 2.50. The summed E-state index contributed by atoms with van der Waals surface area (Å²) in [7, 11) is 0. The molecule has 0 radical (unpaired) electrons. The van der Waals surface area contributed by atoms with Crippen molar-refractivity contribution in [3.8, 4) is 5.75 Å². The summed E-state index contributed by atoms with van der Waals surface area (Å²) in [5.41, 5.74) is 0.438. The van der Waals surface area contributed by atoms with Gasteiger partial charge in [0.15, 0.2) is 6.29 Å². The Labute approximate surface area is 183 Å². The van der Waals surface area contributed by atoms with Crippen LogP contribution in [0.4, 0.5) is 0 Å². The number of phenols is 1. The summed E-state index contributed by atoms with van der Waals surface area (Å²) < 4.78 is 16.4. The number of hydrogen-bond acceptors (Lipinski definition) is 12. The van der Waals surface area contributed by atoms with E-state index in [2.05, 4.69) is 0 Å². The van der Waals surface area contributed by atoms with Gasteiger partial charge in [0.1, 0.15) is 54.6 Å². The first-order valence-electron chi connectivity index (χ1n) is 10.2. The van der Waals surface area contributed by atoms with Crippen LogP contribution in [0.3, 0.4) is 0 Å². The van der Waals surface area contributed by atoms with Crippen LogP contribution in [0.2, 0.25) is 0 Å². The molecule has 0 bridgehead atoms. The summed E-state index contributed by atoms with van der Waals surface area (Å²) >= 11 is 0. The fourth-order valence-corrected chi connectivity index (χ4v) is 3.91. The molecule has 1 aromatic carbocycles. The lowest BCUT2D eigenvalue weighted by Crippen LogP contribution is -2.64. The predicted molar refractivity (Wildman–Crippen MR) is 104 cm³/mol. The van der Waals surface area contributed by atoms with Crippen LogP contribution in [-0.2, 0) is 14.2 Å². The van der Waals surface area contributed by atoms with Crippen molar-refractivity contribution in [3.63, 3.8) is 0 Å². The Kier molecular flexibility index (Phi) is 8.41. The van der Waals surface area contributed by atoms with Crippen LogP contribution in [0.1, 0.15) is 18.1 Å². The fraction of sp³-hybridized carbons (Fsp3) is 0.700. The predicted octanol–water partition coefficient (Wildman–Crippen LogP) is -3.52. The van der Waals surface area contributed by atoms with E-state index in [0.29, 0.717) is 5.56 Å². The van der Waals surface area contributed by atoms with Gasteiger partial charge < -0.3 is 60.2 Å². The highest BCUT2D eigenvalue weighted by Crippen LogP contribution is 2.32. The van der Waals surface area contributed by atoms with E-state index < -0.39 is 80.5 Å². The van der Waals surface area contributed by atoms with E-state index in [9.17, 15) is 46.0 Å². The first kappa shape index (κ1) is 25.2. The van der Waals surface area contributed by atoms with Gasteiger partial charge in [-0.25, -0.2) is 0 Å². The number of aliphatic hydroxyl groups is 8. The van der Waals surface area contributed by atoms with Crippen molar-refractivity contribution in [2.45, 2.75) is 73.8 Å². The zero-order valence-electron chi connectivity index (χ0n) is 17.0. The molecule has 0 saturated carbocycles. The third-order valence-electron chi connectivity index (χ3n) is 5.84. The molecule has 0 aliphatic carbocycles. The molecular weight excluding hydrogens is 432 g/mol. The van der Waals surface area contributed by atoms with Crippen molar-refractivity contribution in [3.05, 3.63) is 29.8 Å². The average Bonchev–Trinajstić information content (AvgIpc) is 2.79. The van der Waals surface area contributed by atoms with Gasteiger partial charge in [-0.2, -0.15) is 0 Å². The molecule has 1 unspecified atom stereocenters. The summed E-state index contributed by atoms with van der Waals surface area (Å²) in [6, 6.07) is 5.74. The molecule has 11 atom stereocenters. The lowest BCUT2D eigenvalue weighted by molar-refractivity contribution is -0.342. The van der Waals surface area contributed by atoms with Gasteiger partial charge in [0.2, 0.25) is 0 Å². The van der Waals surface area contributed by atoms with Crippen LogP contribution < -0.4 is 0 Å². The number of phenolic OH excluding ortho intramolecular Hbond substituents is 1. The van der Waals surface area contributed by atoms with E-state index in [0.717, 1.165) is 0 Å². The van der Waals surface area contributed by atoms with Crippen molar-refractivity contribution in [2.24, 2.45) is 0 Å². The summed E-state index contributed by atoms with van der Waals surface area (Å²) in [5.74, 6) is 0.0128. The third-order valence-corrected chi connectivity index (χ3v) is 5.84. The summed E-state index contributed by atoms with van der Waals surface area (Å²) in [6.07, 6.45) is -16.0. The molecular formula is C20H30O12. The molecule has 2 fully saturated rings. The normalized spacial score (nSPS) is 41.4. The van der Waals surface area contributed by atoms with Gasteiger partial charge >= 0.3 is 0 Å². The zero-order valence-corrected chi connectivity index (χ0v) is 17.0. The number of rotatable bonds is 7. The maximum absolute atomic E-state index is 10.6. The SMILES string of the molecule is OC[C@H]1O[C@H](O[C@H]2[C@H](O)[C@@H](O)[C@H](CC(O)c3ccc(O)cc3)O[C@@H]2CO)[C@H](O)[C@@H](O)[C@@H]1O. The van der Waals surface area contributed by atoms with Crippen LogP contribution in [0, 0.1) is 0 Å². The molecule has 3 rings (SSSR count). The average molecular weight is 462 g/mol. The third kappa shape index (κ3) is 5.21. The van der Waals surface area contributed by atoms with Crippen molar-refractivity contribution in [1.29, 1.82) is 0 Å². The summed E-state index contributed by atoms with van der Waals surface area (Å²) in [6.45, 7) is -1.34. The van der Waals surface area contributed by atoms with Crippen LogP contribution in [0.5, 0.6) is 5.75 Å². The minimum atomic E-state index is -1.74. The van der Waals surface area contributed by atoms with Crippen LogP contribution in [0.15, 0.2) is 24.3 Å². The van der Waals surface area contributed by atoms with Gasteiger partial charge in [0, 0.05) is 6.42 Å². The van der Waals surface area contributed by atoms with Crippen molar-refractivity contribution in [2.75, 3.05) is 13.2 Å². The molecule has 2 saturated heterocycles. The first-order chi connectivity index (χ1) is 15.2. The van der Waals surface area contributed by atoms with E-state index in [4.69, 9.17) is 14.2 Å². The zero-order chi connectivity index (χ0) is 23.6. The number of aromatic hydroxyl groups is 1. The highest BCUT2D eigenvalue weighted by atomic mass is 16.7. The van der Waals surface area contributed by atoms with E-state index in [1.807, 2.05) is 0 Å². The molecule has 1 aromatic rings. The Morgan fingerprint density at radius 1 is 0.750 bits per heavy atom. The largest absolute Gasteiger partial charge is 0.508 e. The molecule has 2 aliphatic heterocycles. The van der Waals surface area contributed by atoms with Crippen molar-refractivity contribution in [1.82, 2.24) is 0 Å². The molecule has 2 aliphatic rings. The standard InChI is InChI=1S/C20H30O12/c21-6-12-15(26)16(27)18(29)20(31-12)32-19-13(7-22)30-11(14(25)17(19)28)5-10(24)8-1-3-9(23)4-2-8/h1-4,10-29H,5-7H2/t10?,11-,12+,13+,14-,15+,16-,17+,18+,19+,20+/m0/s1. The number of aliphatic hydroxyl groups excluding tert-OH is 8. The minimum Gasteiger partial charge on any atom is -0.508 e. The highest BCUT2D eigenvalue weighted by molar-refractivity contribution is 5.27. The molecule has 2 heterocycles. The minimum absolute atomic E-state index is 0.0128. The van der Waals surface area contributed by atoms with Gasteiger partial charge in [0.25, 0.3) is 0 Å². The van der Waals surface area contributed by atoms with Crippen LogP contribution >= 0.6 is 0 Å². The Bertz CT molecular complexity index is 713. The summed E-state index contributed by atoms with van der Waals surface area (Å²) in [4.78, 5) is 0. The van der Waals surface area contributed by atoms with Crippen LogP contribution in [0.25, 0.3) is 0 Å². The Morgan fingerprint density at radius 3 is 1.94 bits per heavy atom. The maximum atomic E-state index is 10.6. The maximum Gasteiger partial charge on any atom is 0.187 e. The van der Waals surface area contributed by atoms with Crippen molar-refractivity contribution >= 4 is 0 Å². The second-order valence-corrected chi connectivity index (χ2v) is 8.02. The lowest BCUT2D eigenvalue weighted by atomic mass is 9.90. The first-order valence-corrected chi connectivity index (χ1v) is 10.2. The molecule has 0 amide bonds. The molecule has 9 N–H and O–H groups in total. The molecule has 0 aromatic heterocycles. The molecule has 0 spiro atoms. The van der Waals surface area contributed by atoms with E-state index in [1.165, 1.54) is 24.3 Å². The molecule has 12 heteroatoms. The second-order valence-electron chi connectivity index (χ2n) is 8.02. The Balaban J connectivity index is 1.69. The Morgan fingerprint density at radius 2 is 1.34 bits per heavy atom.